The first kappa shape index (κ1) is 22.7. The second-order valence-corrected chi connectivity index (χ2v) is 2.90. The van der Waals surface area contributed by atoms with Gasteiger partial charge in [0.1, 0.15) is 0 Å². The van der Waals surface area contributed by atoms with Gasteiger partial charge in [-0.05, 0) is 12.8 Å². The maximum atomic E-state index is 9.65. The van der Waals surface area contributed by atoms with E-state index in [2.05, 4.69) is 0 Å². The Morgan fingerprint density at radius 1 is 0.737 bits per heavy atom. The van der Waals surface area contributed by atoms with E-state index >= 15 is 0 Å². The van der Waals surface area contributed by atoms with E-state index in [0.29, 0.717) is 0 Å². The third kappa shape index (κ3) is 16.6. The first-order valence-corrected chi connectivity index (χ1v) is 4.31. The first-order valence-electron chi connectivity index (χ1n) is 4.31. The van der Waals surface area contributed by atoms with E-state index in [1.165, 1.54) is 0 Å². The van der Waals surface area contributed by atoms with Crippen molar-refractivity contribution < 1.29 is 39.6 Å². The topological polar surface area (TPSA) is 208 Å². The van der Waals surface area contributed by atoms with E-state index in [0.717, 1.165) is 0 Å². The molecule has 0 heterocycles. The van der Waals surface area contributed by atoms with Gasteiger partial charge in [0.2, 0.25) is 0 Å². The van der Waals surface area contributed by atoms with E-state index < -0.39 is 48.8 Å². The third-order valence-corrected chi connectivity index (χ3v) is 1.31. The minimum atomic E-state index is -1.71. The Morgan fingerprint density at radius 2 is 0.947 bits per heavy atom. The normalized spacial score (nSPS) is 11.9. The van der Waals surface area contributed by atoms with E-state index in [4.69, 9.17) is 11.5 Å². The van der Waals surface area contributed by atoms with Crippen molar-refractivity contribution in [1.82, 2.24) is 0 Å². The van der Waals surface area contributed by atoms with Crippen LogP contribution in [0.2, 0.25) is 0 Å². The number of aliphatic carboxylic acids is 4. The molecule has 2 N–H and O–H groups in total. The maximum absolute atomic E-state index is 9.65. The molecular weight excluding hydrogens is 276 g/mol. The smallest absolute Gasteiger partial charge is 0.670 e. The van der Waals surface area contributed by atoms with Crippen LogP contribution < -0.4 is 20.4 Å². The summed E-state index contributed by atoms with van der Waals surface area (Å²) in [7, 11) is 0. The fourth-order valence-corrected chi connectivity index (χ4v) is 0.500. The number of rotatable bonds is 6. The quantitative estimate of drug-likeness (QED) is 0.427. The van der Waals surface area contributed by atoms with Crippen molar-refractivity contribution in [2.24, 2.45) is 0 Å². The Morgan fingerprint density at radius 3 is 1.00 bits per heavy atom. The van der Waals surface area contributed by atoms with Crippen LogP contribution in [0.25, 0.3) is 11.5 Å². The third-order valence-electron chi connectivity index (χ3n) is 1.31. The minimum absolute atomic E-state index is 0. The second kappa shape index (κ2) is 11.6. The molecule has 0 radical (unpaired) electrons. The van der Waals surface area contributed by atoms with E-state index in [1.54, 1.807) is 0 Å². The molecule has 0 saturated heterocycles. The summed E-state index contributed by atoms with van der Waals surface area (Å²) in [6.45, 7) is 0. The van der Waals surface area contributed by atoms with Crippen LogP contribution in [0, 0.1) is 0 Å². The number of hydrogen-bond acceptors (Lipinski definition) is 8. The average molecular weight is 284 g/mol. The van der Waals surface area contributed by atoms with Gasteiger partial charge >= 0.3 is 23.1 Å². The fourth-order valence-electron chi connectivity index (χ4n) is 0.500. The van der Waals surface area contributed by atoms with Gasteiger partial charge in [0.25, 0.3) is 0 Å². The summed E-state index contributed by atoms with van der Waals surface area (Å²) >= 11 is 0. The molecule has 10 nitrogen and oxygen atoms in total. The maximum Gasteiger partial charge on any atom is 2.00 e. The molecule has 0 aliphatic carbocycles. The molecule has 19 heavy (non-hydrogen) atoms. The van der Waals surface area contributed by atoms with Gasteiger partial charge in [-0.3, -0.25) is 0 Å². The molecule has 11 heteroatoms. The minimum Gasteiger partial charge on any atom is -0.670 e. The van der Waals surface area contributed by atoms with Gasteiger partial charge in [-0.1, -0.05) is 12.1 Å². The number of carbonyl (C=O) groups is 4. The molecule has 2 atom stereocenters. The number of carbonyl (C=O) groups excluding carboxylic acids is 4. The van der Waals surface area contributed by atoms with Crippen molar-refractivity contribution in [3.8, 4) is 0 Å². The van der Waals surface area contributed by atoms with Crippen LogP contribution in [0.5, 0.6) is 0 Å². The van der Waals surface area contributed by atoms with Crippen molar-refractivity contribution >= 4 is 46.9 Å². The monoisotopic (exact) mass is 284 g/mol. The van der Waals surface area contributed by atoms with Gasteiger partial charge < -0.3 is 51.1 Å². The molecule has 0 saturated carbocycles. The van der Waals surface area contributed by atoms with Crippen LogP contribution in [-0.2, 0) is 19.2 Å². The summed E-state index contributed by atoms with van der Waals surface area (Å²) in [5, 5.41) is 38.5. The van der Waals surface area contributed by atoms with Crippen LogP contribution in [0.4, 0.5) is 0 Å². The molecule has 0 bridgehead atoms. The second-order valence-electron chi connectivity index (χ2n) is 2.90. The predicted molar refractivity (Wildman–Crippen MR) is 51.2 cm³/mol. The summed E-state index contributed by atoms with van der Waals surface area (Å²) in [6, 6.07) is -3.43. The first-order chi connectivity index (χ1) is 8.07. The molecule has 0 aromatic rings. The molecule has 0 aliphatic rings. The van der Waals surface area contributed by atoms with Crippen molar-refractivity contribution in [3.05, 3.63) is 11.5 Å². The van der Waals surface area contributed by atoms with Gasteiger partial charge in [-0.15, -0.1) is 0 Å². The molecule has 0 rings (SSSR count). The Hall–Kier alpha value is -1.43. The Balaban J connectivity index is -0.000000256. The average Bonchev–Trinajstić information content (AvgIpc) is 2.16. The number of carboxylic acids is 4. The number of nitrogens with one attached hydrogen (secondary N) is 2. The van der Waals surface area contributed by atoms with Crippen LogP contribution in [0.15, 0.2) is 0 Å². The molecule has 0 unspecified atom stereocenters. The zero-order valence-electron chi connectivity index (χ0n) is 9.54. The van der Waals surface area contributed by atoms with Crippen molar-refractivity contribution in [3.63, 3.8) is 0 Å². The Bertz CT molecular complexity index is 303. The summed E-state index contributed by atoms with van der Waals surface area (Å²) in [5.41, 5.74) is 12.9. The van der Waals surface area contributed by atoms with E-state index in [-0.39, 0.29) is 23.1 Å². The molecule has 0 aliphatic heterocycles. The van der Waals surface area contributed by atoms with Crippen LogP contribution in [-0.4, -0.2) is 59.0 Å². The van der Waals surface area contributed by atoms with E-state index in [1.807, 2.05) is 0 Å². The van der Waals surface area contributed by atoms with Gasteiger partial charge in [0.15, 0.2) is 0 Å². The fraction of sp³-hybridized carbons (Fsp3) is 0.500. The molecule has 0 spiro atoms. The number of carboxylic acid groups (broad SMARTS) is 4. The van der Waals surface area contributed by atoms with Crippen molar-refractivity contribution in [1.29, 1.82) is 0 Å². The van der Waals surface area contributed by atoms with Crippen LogP contribution in [0.1, 0.15) is 12.8 Å². The molecule has 0 amide bonds. The summed E-state index contributed by atoms with van der Waals surface area (Å²) < 4.78 is 0. The number of hydrogen-bond donors (Lipinski definition) is 0. The predicted octanol–water partition coefficient (Wildman–Crippen LogP) is -5.79. The SMILES string of the molecule is [Mg+2].[NH-][C@@H](CC(=O)[O-])C(=O)[O-].[NH-][C@@H](CC(=O)[O-])C(=O)[O-]. The van der Waals surface area contributed by atoms with Crippen molar-refractivity contribution in [2.45, 2.75) is 24.9 Å². The molecular formula is C8H8MgN2O8-4. The van der Waals surface area contributed by atoms with Gasteiger partial charge in [0.05, 0.1) is 0 Å². The van der Waals surface area contributed by atoms with E-state index in [9.17, 15) is 39.6 Å². The summed E-state index contributed by atoms with van der Waals surface area (Å²) in [4.78, 5) is 38.5. The van der Waals surface area contributed by atoms with Gasteiger partial charge in [0, 0.05) is 23.9 Å². The standard InChI is InChI=1S/2C4H6NO4.Mg/c2*5-2(4(8)9)1-3(6)7;/h2*2,5H,1H2,(H,6,7)(H,8,9);/q2*-1;+2/p-4/t2*2-;/m00./s1. The Kier molecular flexibility index (Phi) is 13.9. The summed E-state index contributed by atoms with van der Waals surface area (Å²) in [6.07, 6.45) is -1.63. The Labute approximate surface area is 123 Å². The largest absolute Gasteiger partial charge is 2.00 e. The zero-order valence-corrected chi connectivity index (χ0v) is 11.0. The van der Waals surface area contributed by atoms with Crippen LogP contribution >= 0.6 is 0 Å². The molecule has 0 aromatic carbocycles. The molecule has 0 fully saturated rings. The van der Waals surface area contributed by atoms with Crippen LogP contribution in [0.3, 0.4) is 0 Å². The molecule has 0 aromatic heterocycles. The molecule has 104 valence electrons. The summed E-state index contributed by atoms with van der Waals surface area (Å²) in [5.74, 6) is -6.50. The van der Waals surface area contributed by atoms with Crippen molar-refractivity contribution in [2.75, 3.05) is 0 Å². The van der Waals surface area contributed by atoms with Gasteiger partial charge in [-0.25, -0.2) is 0 Å². The van der Waals surface area contributed by atoms with Gasteiger partial charge in [-0.2, -0.15) is 0 Å². The zero-order chi connectivity index (χ0) is 14.9.